The molecule has 0 aliphatic carbocycles. The zero-order valence-corrected chi connectivity index (χ0v) is 12.9. The molecule has 1 aromatic rings. The number of benzene rings is 1. The van der Waals surface area contributed by atoms with Gasteiger partial charge in [-0.3, -0.25) is 4.79 Å². The minimum atomic E-state index is -0.582. The summed E-state index contributed by atoms with van der Waals surface area (Å²) in [6, 6.07) is 4.79. The van der Waals surface area contributed by atoms with Crippen molar-refractivity contribution in [3.8, 4) is 0 Å². The lowest BCUT2D eigenvalue weighted by molar-refractivity contribution is -0.119. The summed E-state index contributed by atoms with van der Waals surface area (Å²) in [5.41, 5.74) is 7.21. The lowest BCUT2D eigenvalue weighted by atomic mass is 9.87. The zero-order chi connectivity index (χ0) is 14.8. The van der Waals surface area contributed by atoms with Crippen LogP contribution in [0.25, 0.3) is 0 Å². The van der Waals surface area contributed by atoms with E-state index < -0.39 is 6.04 Å². The maximum absolute atomic E-state index is 12.1. The smallest absolute Gasteiger partial charge is 0.241 e. The second-order valence-electron chi connectivity index (χ2n) is 5.89. The fraction of sp³-hybridized carbons (Fsp3) is 0.500. The van der Waals surface area contributed by atoms with Crippen LogP contribution in [0.15, 0.2) is 18.2 Å². The van der Waals surface area contributed by atoms with Crippen molar-refractivity contribution in [2.45, 2.75) is 26.8 Å². The van der Waals surface area contributed by atoms with Crippen LogP contribution in [0.4, 0.5) is 11.4 Å². The third-order valence-corrected chi connectivity index (χ3v) is 3.15. The second-order valence-corrected chi connectivity index (χ2v) is 6.33. The van der Waals surface area contributed by atoms with Crippen molar-refractivity contribution in [3.63, 3.8) is 0 Å². The van der Waals surface area contributed by atoms with Gasteiger partial charge < -0.3 is 16.0 Å². The molecule has 4 nitrogen and oxygen atoms in total. The molecule has 5 heteroatoms. The molecule has 0 aromatic heterocycles. The van der Waals surface area contributed by atoms with E-state index in [9.17, 15) is 4.79 Å². The molecule has 0 aliphatic heterocycles. The van der Waals surface area contributed by atoms with Crippen molar-refractivity contribution < 1.29 is 4.79 Å². The van der Waals surface area contributed by atoms with Crippen LogP contribution in [-0.4, -0.2) is 26.0 Å². The molecule has 0 radical (unpaired) electrons. The molecule has 1 atom stereocenters. The Bertz CT molecular complexity index is 466. The molecule has 0 bridgehead atoms. The molecule has 0 aliphatic rings. The topological polar surface area (TPSA) is 58.4 Å². The largest absolute Gasteiger partial charge is 0.376 e. The molecular weight excluding hydrogens is 262 g/mol. The number of hydrogen-bond acceptors (Lipinski definition) is 3. The summed E-state index contributed by atoms with van der Waals surface area (Å²) >= 11 is 5.97. The molecule has 1 amide bonds. The van der Waals surface area contributed by atoms with Crippen LogP contribution in [0, 0.1) is 5.41 Å². The summed E-state index contributed by atoms with van der Waals surface area (Å²) in [5.74, 6) is -0.210. The first-order valence-electron chi connectivity index (χ1n) is 6.16. The number of carbonyl (C=O) groups is 1. The number of hydrogen-bond donors (Lipinski definition) is 2. The Morgan fingerprint density at radius 3 is 2.42 bits per heavy atom. The first-order valence-corrected chi connectivity index (χ1v) is 6.54. The van der Waals surface area contributed by atoms with Gasteiger partial charge in [0.2, 0.25) is 5.91 Å². The molecule has 106 valence electrons. The Hall–Kier alpha value is -1.26. The van der Waals surface area contributed by atoms with E-state index in [1.165, 1.54) is 0 Å². The van der Waals surface area contributed by atoms with Gasteiger partial charge in [0, 0.05) is 19.1 Å². The standard InChI is InChI=1S/C14H22ClN3O/c1-14(2,3)12(16)13(19)17-10-8-9(15)6-7-11(10)18(4)5/h6-8,12H,16H2,1-5H3,(H,17,19). The number of nitrogens with one attached hydrogen (secondary N) is 1. The number of nitrogens with two attached hydrogens (primary N) is 1. The Kier molecular flexibility index (Phi) is 4.82. The highest BCUT2D eigenvalue weighted by Gasteiger charge is 2.28. The molecule has 1 unspecified atom stereocenters. The highest BCUT2D eigenvalue weighted by atomic mass is 35.5. The Morgan fingerprint density at radius 2 is 1.95 bits per heavy atom. The minimum Gasteiger partial charge on any atom is -0.376 e. The third-order valence-electron chi connectivity index (χ3n) is 2.91. The molecule has 0 fully saturated rings. The first-order chi connectivity index (χ1) is 8.62. The molecule has 0 spiro atoms. The summed E-state index contributed by atoms with van der Waals surface area (Å²) in [6.07, 6.45) is 0. The molecular formula is C14H22ClN3O. The monoisotopic (exact) mass is 283 g/mol. The van der Waals surface area contributed by atoms with E-state index >= 15 is 0 Å². The van der Waals surface area contributed by atoms with Gasteiger partial charge in [0.05, 0.1) is 17.4 Å². The van der Waals surface area contributed by atoms with Crippen LogP contribution in [0.3, 0.4) is 0 Å². The van der Waals surface area contributed by atoms with Crippen molar-refractivity contribution in [2.75, 3.05) is 24.3 Å². The lowest BCUT2D eigenvalue weighted by Crippen LogP contribution is -2.45. The number of halogens is 1. The van der Waals surface area contributed by atoms with Gasteiger partial charge in [0.25, 0.3) is 0 Å². The van der Waals surface area contributed by atoms with Crippen molar-refractivity contribution in [1.82, 2.24) is 0 Å². The van der Waals surface area contributed by atoms with E-state index in [1.807, 2.05) is 45.8 Å². The number of anilines is 2. The number of rotatable bonds is 3. The average molecular weight is 284 g/mol. The van der Waals surface area contributed by atoms with Gasteiger partial charge >= 0.3 is 0 Å². The van der Waals surface area contributed by atoms with Crippen molar-refractivity contribution in [1.29, 1.82) is 0 Å². The first kappa shape index (κ1) is 15.8. The summed E-state index contributed by atoms with van der Waals surface area (Å²) in [6.45, 7) is 5.80. The van der Waals surface area contributed by atoms with E-state index in [0.29, 0.717) is 10.7 Å². The quantitative estimate of drug-likeness (QED) is 0.897. The van der Waals surface area contributed by atoms with Crippen LogP contribution < -0.4 is 16.0 Å². The summed E-state index contributed by atoms with van der Waals surface area (Å²) in [7, 11) is 3.81. The van der Waals surface area contributed by atoms with Crippen LogP contribution in [0.1, 0.15) is 20.8 Å². The molecule has 0 saturated heterocycles. The Morgan fingerprint density at radius 1 is 1.37 bits per heavy atom. The van der Waals surface area contributed by atoms with Crippen molar-refractivity contribution in [3.05, 3.63) is 23.2 Å². The SMILES string of the molecule is CN(C)c1ccc(Cl)cc1NC(=O)C(N)C(C)(C)C. The summed E-state index contributed by atoms with van der Waals surface area (Å²) in [5, 5.41) is 3.42. The van der Waals surface area contributed by atoms with Crippen molar-refractivity contribution in [2.24, 2.45) is 11.1 Å². The second kappa shape index (κ2) is 5.80. The number of nitrogens with zero attached hydrogens (tertiary/aromatic N) is 1. The highest BCUT2D eigenvalue weighted by Crippen LogP contribution is 2.28. The Labute approximate surface area is 119 Å². The normalized spacial score (nSPS) is 13.0. The fourth-order valence-electron chi connectivity index (χ4n) is 1.60. The molecule has 1 rings (SSSR count). The van der Waals surface area contributed by atoms with Gasteiger partial charge in [-0.1, -0.05) is 32.4 Å². The van der Waals surface area contributed by atoms with Gasteiger partial charge in [-0.15, -0.1) is 0 Å². The molecule has 0 saturated carbocycles. The van der Waals surface area contributed by atoms with E-state index in [4.69, 9.17) is 17.3 Å². The van der Waals surface area contributed by atoms with Crippen LogP contribution in [0.2, 0.25) is 5.02 Å². The third kappa shape index (κ3) is 4.11. The van der Waals surface area contributed by atoms with E-state index in [1.54, 1.807) is 12.1 Å². The summed E-state index contributed by atoms with van der Waals surface area (Å²) < 4.78 is 0. The van der Waals surface area contributed by atoms with Crippen LogP contribution in [0.5, 0.6) is 0 Å². The molecule has 1 aromatic carbocycles. The van der Waals surface area contributed by atoms with Gasteiger partial charge in [-0.2, -0.15) is 0 Å². The predicted octanol–water partition coefficient (Wildman–Crippen LogP) is 2.72. The van der Waals surface area contributed by atoms with E-state index in [-0.39, 0.29) is 11.3 Å². The van der Waals surface area contributed by atoms with Gasteiger partial charge in [-0.05, 0) is 23.6 Å². The fourth-order valence-corrected chi connectivity index (χ4v) is 1.77. The molecule has 19 heavy (non-hydrogen) atoms. The van der Waals surface area contributed by atoms with Gasteiger partial charge in [-0.25, -0.2) is 0 Å². The van der Waals surface area contributed by atoms with Crippen molar-refractivity contribution >= 4 is 28.9 Å². The van der Waals surface area contributed by atoms with Gasteiger partial charge in [0.1, 0.15) is 0 Å². The number of carbonyl (C=O) groups excluding carboxylic acids is 1. The van der Waals surface area contributed by atoms with Crippen LogP contribution >= 0.6 is 11.6 Å². The lowest BCUT2D eigenvalue weighted by Gasteiger charge is -2.27. The molecule has 0 heterocycles. The zero-order valence-electron chi connectivity index (χ0n) is 12.1. The van der Waals surface area contributed by atoms with Gasteiger partial charge in [0.15, 0.2) is 0 Å². The molecule has 3 N–H and O–H groups in total. The Balaban J connectivity index is 2.99. The number of amides is 1. The van der Waals surface area contributed by atoms with Crippen LogP contribution in [-0.2, 0) is 4.79 Å². The van der Waals surface area contributed by atoms with E-state index in [2.05, 4.69) is 5.32 Å². The predicted molar refractivity (Wildman–Crippen MR) is 81.8 cm³/mol. The summed E-state index contributed by atoms with van der Waals surface area (Å²) in [4.78, 5) is 14.1. The minimum absolute atomic E-state index is 0.210. The maximum atomic E-state index is 12.1. The highest BCUT2D eigenvalue weighted by molar-refractivity contribution is 6.31. The average Bonchev–Trinajstić information content (AvgIpc) is 2.26. The van der Waals surface area contributed by atoms with E-state index in [0.717, 1.165) is 5.69 Å². The maximum Gasteiger partial charge on any atom is 0.241 e.